The maximum atomic E-state index is 5.96. The van der Waals surface area contributed by atoms with Crippen LogP contribution in [0.15, 0.2) is 28.8 Å². The summed E-state index contributed by atoms with van der Waals surface area (Å²) >= 11 is 0. The van der Waals surface area contributed by atoms with Gasteiger partial charge in [-0.1, -0.05) is 81.3 Å². The van der Waals surface area contributed by atoms with Crippen molar-refractivity contribution in [3.8, 4) is 11.4 Å². The van der Waals surface area contributed by atoms with Crippen molar-refractivity contribution in [1.82, 2.24) is 10.1 Å². The number of aromatic nitrogens is 2. The zero-order chi connectivity index (χ0) is 18.6. The molecule has 1 aromatic carbocycles. The van der Waals surface area contributed by atoms with Crippen LogP contribution in [-0.4, -0.2) is 16.7 Å². The number of hydrogen-bond donors (Lipinski definition) is 2. The number of unbranched alkanes of at least 4 members (excludes halogenated alkanes) is 7. The minimum absolute atomic E-state index is 0.289. The van der Waals surface area contributed by atoms with Gasteiger partial charge in [-0.2, -0.15) is 4.98 Å². The van der Waals surface area contributed by atoms with Gasteiger partial charge in [0.25, 0.3) is 0 Å². The van der Waals surface area contributed by atoms with E-state index in [0.717, 1.165) is 12.0 Å². The van der Waals surface area contributed by atoms with Gasteiger partial charge in [0.15, 0.2) is 0 Å². The molecular formula is C21H34N4O. The first-order chi connectivity index (χ1) is 12.7. The molecule has 1 heterocycles. The molecule has 0 aliphatic rings. The molecule has 0 fully saturated rings. The first kappa shape index (κ1) is 20.6. The standard InChI is InChI=1S/C21H34N4O/c1-2-3-4-5-6-7-8-9-10-17-11-13-18(14-12-17)20-24-21(26-25-20)19(23)15-16-22/h11-14,19H,2-10,15-16,22-23H2,1H3. The molecule has 2 rings (SSSR count). The predicted octanol–water partition coefficient (Wildman–Crippen LogP) is 4.77. The fourth-order valence-corrected chi connectivity index (χ4v) is 3.09. The topological polar surface area (TPSA) is 91.0 Å². The molecule has 0 amide bonds. The highest BCUT2D eigenvalue weighted by Crippen LogP contribution is 2.20. The second-order valence-corrected chi connectivity index (χ2v) is 7.06. The Balaban J connectivity index is 1.73. The summed E-state index contributed by atoms with van der Waals surface area (Å²) in [5, 5.41) is 4.03. The summed E-state index contributed by atoms with van der Waals surface area (Å²) in [5.74, 6) is 1.04. The maximum Gasteiger partial charge on any atom is 0.243 e. The third-order valence-electron chi connectivity index (χ3n) is 4.77. The Morgan fingerprint density at radius 1 is 0.962 bits per heavy atom. The molecule has 0 saturated carbocycles. The van der Waals surface area contributed by atoms with E-state index in [1.54, 1.807) is 0 Å². The fourth-order valence-electron chi connectivity index (χ4n) is 3.09. The average Bonchev–Trinajstić information content (AvgIpc) is 3.15. The van der Waals surface area contributed by atoms with Crippen LogP contribution in [0.1, 0.15) is 82.2 Å². The van der Waals surface area contributed by atoms with E-state index in [1.807, 2.05) is 0 Å². The first-order valence-corrected chi connectivity index (χ1v) is 10.1. The molecule has 5 nitrogen and oxygen atoms in total. The summed E-state index contributed by atoms with van der Waals surface area (Å²) in [6.07, 6.45) is 12.6. The molecule has 1 aromatic heterocycles. The minimum Gasteiger partial charge on any atom is -0.337 e. The zero-order valence-corrected chi connectivity index (χ0v) is 16.1. The number of nitrogens with zero attached hydrogens (tertiary/aromatic N) is 2. The lowest BCUT2D eigenvalue weighted by Gasteiger charge is -2.04. The van der Waals surface area contributed by atoms with Crippen molar-refractivity contribution >= 4 is 0 Å². The molecule has 2 aromatic rings. The van der Waals surface area contributed by atoms with E-state index in [0.29, 0.717) is 24.7 Å². The summed E-state index contributed by atoms with van der Waals surface area (Å²) in [6.45, 7) is 2.77. The Labute approximate surface area is 157 Å². The number of nitrogens with two attached hydrogens (primary N) is 2. The van der Waals surface area contributed by atoms with Crippen LogP contribution >= 0.6 is 0 Å². The predicted molar refractivity (Wildman–Crippen MR) is 107 cm³/mol. The molecule has 0 radical (unpaired) electrons. The summed E-state index contributed by atoms with van der Waals surface area (Å²) < 4.78 is 5.25. The number of rotatable bonds is 13. The van der Waals surface area contributed by atoms with E-state index in [-0.39, 0.29) is 6.04 Å². The quantitative estimate of drug-likeness (QED) is 0.503. The normalized spacial score (nSPS) is 12.4. The number of benzene rings is 1. The number of aryl methyl sites for hydroxylation is 1. The van der Waals surface area contributed by atoms with Crippen LogP contribution in [0.4, 0.5) is 0 Å². The Morgan fingerprint density at radius 3 is 2.27 bits per heavy atom. The Hall–Kier alpha value is -1.72. The second-order valence-electron chi connectivity index (χ2n) is 7.06. The van der Waals surface area contributed by atoms with Gasteiger partial charge >= 0.3 is 0 Å². The van der Waals surface area contributed by atoms with E-state index >= 15 is 0 Å². The highest BCUT2D eigenvalue weighted by Gasteiger charge is 2.14. The van der Waals surface area contributed by atoms with Gasteiger partial charge in [0.1, 0.15) is 0 Å². The molecule has 0 spiro atoms. The molecule has 4 N–H and O–H groups in total. The molecular weight excluding hydrogens is 324 g/mol. The lowest BCUT2D eigenvalue weighted by molar-refractivity contribution is 0.350. The van der Waals surface area contributed by atoms with Crippen molar-refractivity contribution in [2.45, 2.75) is 77.2 Å². The fraction of sp³-hybridized carbons (Fsp3) is 0.619. The summed E-state index contributed by atoms with van der Waals surface area (Å²) in [7, 11) is 0. The van der Waals surface area contributed by atoms with Gasteiger partial charge in [-0.3, -0.25) is 0 Å². The lowest BCUT2D eigenvalue weighted by atomic mass is 10.0. The van der Waals surface area contributed by atoms with Crippen LogP contribution in [0.3, 0.4) is 0 Å². The average molecular weight is 359 g/mol. The van der Waals surface area contributed by atoms with E-state index in [9.17, 15) is 0 Å². The Morgan fingerprint density at radius 2 is 1.62 bits per heavy atom. The van der Waals surface area contributed by atoms with E-state index in [2.05, 4.69) is 41.3 Å². The van der Waals surface area contributed by atoms with Crippen LogP contribution in [0, 0.1) is 0 Å². The van der Waals surface area contributed by atoms with Gasteiger partial charge in [-0.15, -0.1) is 0 Å². The number of hydrogen-bond acceptors (Lipinski definition) is 5. The van der Waals surface area contributed by atoms with Gasteiger partial charge in [0.05, 0.1) is 6.04 Å². The highest BCUT2D eigenvalue weighted by atomic mass is 16.5. The molecule has 1 atom stereocenters. The van der Waals surface area contributed by atoms with Gasteiger partial charge in [-0.25, -0.2) is 0 Å². The third-order valence-corrected chi connectivity index (χ3v) is 4.77. The minimum atomic E-state index is -0.289. The first-order valence-electron chi connectivity index (χ1n) is 10.1. The Kier molecular flexibility index (Phi) is 9.35. The maximum absolute atomic E-state index is 5.96. The molecule has 1 unspecified atom stereocenters. The highest BCUT2D eigenvalue weighted by molar-refractivity contribution is 5.54. The van der Waals surface area contributed by atoms with Gasteiger partial charge in [0.2, 0.25) is 11.7 Å². The van der Waals surface area contributed by atoms with Crippen LogP contribution in [0.2, 0.25) is 0 Å². The summed E-state index contributed by atoms with van der Waals surface area (Å²) in [5.41, 5.74) is 13.8. The molecule has 26 heavy (non-hydrogen) atoms. The molecule has 0 aliphatic carbocycles. The van der Waals surface area contributed by atoms with Crippen molar-refractivity contribution in [3.63, 3.8) is 0 Å². The molecule has 0 saturated heterocycles. The van der Waals surface area contributed by atoms with Crippen LogP contribution in [0.5, 0.6) is 0 Å². The molecule has 144 valence electrons. The summed E-state index contributed by atoms with van der Waals surface area (Å²) in [4.78, 5) is 4.39. The van der Waals surface area contributed by atoms with Crippen LogP contribution < -0.4 is 11.5 Å². The van der Waals surface area contributed by atoms with Crippen molar-refractivity contribution in [1.29, 1.82) is 0 Å². The van der Waals surface area contributed by atoms with Crippen LogP contribution in [0.25, 0.3) is 11.4 Å². The van der Waals surface area contributed by atoms with E-state index in [1.165, 1.54) is 56.9 Å². The van der Waals surface area contributed by atoms with E-state index in [4.69, 9.17) is 16.0 Å². The second kappa shape index (κ2) is 11.8. The van der Waals surface area contributed by atoms with E-state index < -0.39 is 0 Å². The van der Waals surface area contributed by atoms with Gasteiger partial charge in [-0.05, 0) is 31.4 Å². The smallest absolute Gasteiger partial charge is 0.243 e. The van der Waals surface area contributed by atoms with Crippen molar-refractivity contribution in [2.75, 3.05) is 6.54 Å². The summed E-state index contributed by atoms with van der Waals surface area (Å²) in [6, 6.07) is 8.15. The Bertz CT molecular complexity index is 609. The van der Waals surface area contributed by atoms with Gasteiger partial charge < -0.3 is 16.0 Å². The van der Waals surface area contributed by atoms with Crippen molar-refractivity contribution in [2.24, 2.45) is 11.5 Å². The third kappa shape index (κ3) is 6.89. The van der Waals surface area contributed by atoms with Crippen molar-refractivity contribution in [3.05, 3.63) is 35.7 Å². The zero-order valence-electron chi connectivity index (χ0n) is 16.1. The monoisotopic (exact) mass is 358 g/mol. The molecule has 0 bridgehead atoms. The van der Waals surface area contributed by atoms with Crippen molar-refractivity contribution < 1.29 is 4.52 Å². The van der Waals surface area contributed by atoms with Gasteiger partial charge in [0, 0.05) is 5.56 Å². The largest absolute Gasteiger partial charge is 0.337 e. The molecule has 5 heteroatoms. The SMILES string of the molecule is CCCCCCCCCCc1ccc(-c2noc(C(N)CCN)n2)cc1. The molecule has 0 aliphatic heterocycles. The van der Waals surface area contributed by atoms with Crippen LogP contribution in [-0.2, 0) is 6.42 Å². The lowest BCUT2D eigenvalue weighted by Crippen LogP contribution is -2.15.